The molecule has 5 heteroatoms. The van der Waals surface area contributed by atoms with Crippen molar-refractivity contribution in [3.63, 3.8) is 0 Å². The van der Waals surface area contributed by atoms with Crippen LogP contribution in [-0.4, -0.2) is 14.6 Å². The Bertz CT molecular complexity index is 653. The van der Waals surface area contributed by atoms with Crippen LogP contribution in [0.3, 0.4) is 0 Å². The maximum atomic E-state index is 5.80. The average molecular weight is 214 g/mol. The second-order valence-corrected chi connectivity index (χ2v) is 3.59. The monoisotopic (exact) mass is 214 g/mol. The van der Waals surface area contributed by atoms with E-state index in [1.165, 1.54) is 0 Å². The first-order valence-corrected chi connectivity index (χ1v) is 4.92. The standard InChI is InChI=1S/C11H10N4O/c1-7-4-5-9(16-7)11-14-13-10-8(12)3-2-6-15(10)11/h2-6H,12H2,1H3. The Labute approximate surface area is 91.5 Å². The number of hydrogen-bond acceptors (Lipinski definition) is 4. The zero-order valence-electron chi connectivity index (χ0n) is 8.71. The number of rotatable bonds is 1. The summed E-state index contributed by atoms with van der Waals surface area (Å²) in [6.45, 7) is 1.89. The molecular formula is C11H10N4O. The van der Waals surface area contributed by atoms with Gasteiger partial charge in [-0.3, -0.25) is 4.40 Å². The number of fused-ring (bicyclic) bond motifs is 1. The lowest BCUT2D eigenvalue weighted by Crippen LogP contribution is -1.92. The Balaban J connectivity index is 2.29. The molecule has 0 bridgehead atoms. The van der Waals surface area contributed by atoms with E-state index in [-0.39, 0.29) is 0 Å². The predicted octanol–water partition coefficient (Wildman–Crippen LogP) is 1.88. The fourth-order valence-electron chi connectivity index (χ4n) is 1.66. The summed E-state index contributed by atoms with van der Waals surface area (Å²) in [4.78, 5) is 0. The van der Waals surface area contributed by atoms with Crippen molar-refractivity contribution in [3.8, 4) is 11.6 Å². The highest BCUT2D eigenvalue weighted by Crippen LogP contribution is 2.22. The molecule has 3 rings (SSSR count). The van der Waals surface area contributed by atoms with E-state index in [9.17, 15) is 0 Å². The van der Waals surface area contributed by atoms with Crippen molar-refractivity contribution in [3.05, 3.63) is 36.2 Å². The van der Waals surface area contributed by atoms with Crippen molar-refractivity contribution in [1.29, 1.82) is 0 Å². The minimum atomic E-state index is 0.601. The molecule has 80 valence electrons. The van der Waals surface area contributed by atoms with Gasteiger partial charge in [0.2, 0.25) is 5.82 Å². The van der Waals surface area contributed by atoms with Gasteiger partial charge < -0.3 is 10.2 Å². The molecule has 0 saturated heterocycles. The summed E-state index contributed by atoms with van der Waals surface area (Å²) in [5, 5.41) is 8.11. The van der Waals surface area contributed by atoms with Gasteiger partial charge in [0.1, 0.15) is 5.76 Å². The summed E-state index contributed by atoms with van der Waals surface area (Å²) >= 11 is 0. The first kappa shape index (κ1) is 8.96. The number of nitrogens with two attached hydrogens (primary N) is 1. The van der Waals surface area contributed by atoms with E-state index in [2.05, 4.69) is 10.2 Å². The van der Waals surface area contributed by atoms with Crippen LogP contribution in [0.15, 0.2) is 34.9 Å². The molecule has 0 aliphatic heterocycles. The fourth-order valence-corrected chi connectivity index (χ4v) is 1.66. The zero-order chi connectivity index (χ0) is 11.1. The van der Waals surface area contributed by atoms with E-state index < -0.39 is 0 Å². The van der Waals surface area contributed by atoms with Crippen LogP contribution in [0.1, 0.15) is 5.76 Å². The van der Waals surface area contributed by atoms with Gasteiger partial charge in [0.25, 0.3) is 0 Å². The molecule has 0 aromatic carbocycles. The summed E-state index contributed by atoms with van der Waals surface area (Å²) < 4.78 is 7.32. The van der Waals surface area contributed by atoms with Gasteiger partial charge in [-0.05, 0) is 31.2 Å². The van der Waals surface area contributed by atoms with Gasteiger partial charge in [-0.15, -0.1) is 10.2 Å². The SMILES string of the molecule is Cc1ccc(-c2nnc3c(N)cccn23)o1. The number of aryl methyl sites for hydroxylation is 1. The van der Waals surface area contributed by atoms with Gasteiger partial charge in [0.05, 0.1) is 5.69 Å². The molecule has 3 aromatic heterocycles. The van der Waals surface area contributed by atoms with Gasteiger partial charge in [-0.2, -0.15) is 0 Å². The van der Waals surface area contributed by atoms with E-state index in [0.717, 1.165) is 5.76 Å². The second kappa shape index (κ2) is 3.10. The molecule has 0 saturated carbocycles. The van der Waals surface area contributed by atoms with Gasteiger partial charge in [-0.1, -0.05) is 0 Å². The Morgan fingerprint density at radius 1 is 1.25 bits per heavy atom. The summed E-state index contributed by atoms with van der Waals surface area (Å²) in [6.07, 6.45) is 1.86. The summed E-state index contributed by atoms with van der Waals surface area (Å²) in [6, 6.07) is 7.41. The maximum absolute atomic E-state index is 5.80. The van der Waals surface area contributed by atoms with Crippen LogP contribution in [0.4, 0.5) is 5.69 Å². The Hall–Kier alpha value is -2.30. The van der Waals surface area contributed by atoms with Crippen molar-refractivity contribution in [2.45, 2.75) is 6.92 Å². The Morgan fingerprint density at radius 2 is 2.12 bits per heavy atom. The molecule has 0 atom stereocenters. The molecule has 16 heavy (non-hydrogen) atoms. The van der Waals surface area contributed by atoms with E-state index in [4.69, 9.17) is 10.2 Å². The van der Waals surface area contributed by atoms with Crippen LogP contribution in [-0.2, 0) is 0 Å². The van der Waals surface area contributed by atoms with Gasteiger partial charge in [0, 0.05) is 6.20 Å². The minimum absolute atomic E-state index is 0.601. The van der Waals surface area contributed by atoms with Crippen molar-refractivity contribution in [2.24, 2.45) is 0 Å². The van der Waals surface area contributed by atoms with Gasteiger partial charge >= 0.3 is 0 Å². The molecule has 0 amide bonds. The number of pyridine rings is 1. The lowest BCUT2D eigenvalue weighted by molar-refractivity contribution is 0.543. The van der Waals surface area contributed by atoms with Crippen LogP contribution in [0.25, 0.3) is 17.2 Å². The van der Waals surface area contributed by atoms with Crippen LogP contribution < -0.4 is 5.73 Å². The summed E-state index contributed by atoms with van der Waals surface area (Å²) in [7, 11) is 0. The van der Waals surface area contributed by atoms with Gasteiger partial charge in [-0.25, -0.2) is 0 Å². The van der Waals surface area contributed by atoms with Crippen LogP contribution >= 0.6 is 0 Å². The van der Waals surface area contributed by atoms with E-state index in [1.54, 1.807) is 6.07 Å². The Morgan fingerprint density at radius 3 is 2.88 bits per heavy atom. The molecule has 3 heterocycles. The lowest BCUT2D eigenvalue weighted by atomic mass is 10.4. The fraction of sp³-hybridized carbons (Fsp3) is 0.0909. The quantitative estimate of drug-likeness (QED) is 0.671. The number of furan rings is 1. The van der Waals surface area contributed by atoms with E-state index in [0.29, 0.717) is 22.9 Å². The highest BCUT2D eigenvalue weighted by atomic mass is 16.3. The largest absolute Gasteiger partial charge is 0.458 e. The number of hydrogen-bond donors (Lipinski definition) is 1. The normalized spacial score (nSPS) is 11.1. The number of nitrogen functional groups attached to an aromatic ring is 1. The molecule has 0 aliphatic rings. The number of aromatic nitrogens is 3. The van der Waals surface area contributed by atoms with Crippen LogP contribution in [0, 0.1) is 6.92 Å². The molecule has 2 N–H and O–H groups in total. The third-order valence-corrected chi connectivity index (χ3v) is 2.43. The molecule has 0 fully saturated rings. The third kappa shape index (κ3) is 1.18. The maximum Gasteiger partial charge on any atom is 0.204 e. The molecule has 0 radical (unpaired) electrons. The molecule has 3 aromatic rings. The molecular weight excluding hydrogens is 204 g/mol. The predicted molar refractivity (Wildman–Crippen MR) is 59.8 cm³/mol. The lowest BCUT2D eigenvalue weighted by Gasteiger charge is -1.97. The van der Waals surface area contributed by atoms with Crippen LogP contribution in [0.2, 0.25) is 0 Å². The first-order chi connectivity index (χ1) is 7.75. The smallest absolute Gasteiger partial charge is 0.204 e. The average Bonchev–Trinajstić information content (AvgIpc) is 2.84. The second-order valence-electron chi connectivity index (χ2n) is 3.59. The van der Waals surface area contributed by atoms with Gasteiger partial charge in [0.15, 0.2) is 11.4 Å². The van der Waals surface area contributed by atoms with Crippen molar-refractivity contribution in [1.82, 2.24) is 14.6 Å². The van der Waals surface area contributed by atoms with Crippen LogP contribution in [0.5, 0.6) is 0 Å². The van der Waals surface area contributed by atoms with Crippen molar-refractivity contribution in [2.75, 3.05) is 5.73 Å². The highest BCUT2D eigenvalue weighted by Gasteiger charge is 2.12. The number of anilines is 1. The molecule has 0 unspecified atom stereocenters. The third-order valence-electron chi connectivity index (χ3n) is 2.43. The highest BCUT2D eigenvalue weighted by molar-refractivity contribution is 5.67. The van der Waals surface area contributed by atoms with Crippen molar-refractivity contribution < 1.29 is 4.42 Å². The summed E-state index contributed by atoms with van der Waals surface area (Å²) in [5.41, 5.74) is 7.05. The number of nitrogens with zero attached hydrogens (tertiary/aromatic N) is 3. The van der Waals surface area contributed by atoms with E-state index >= 15 is 0 Å². The Kier molecular flexibility index (Phi) is 1.73. The molecule has 5 nitrogen and oxygen atoms in total. The van der Waals surface area contributed by atoms with Crippen molar-refractivity contribution >= 4 is 11.3 Å². The molecule has 0 spiro atoms. The summed E-state index contributed by atoms with van der Waals surface area (Å²) in [5.74, 6) is 2.20. The zero-order valence-corrected chi connectivity index (χ0v) is 8.71. The molecule has 0 aliphatic carbocycles. The topological polar surface area (TPSA) is 69.3 Å². The minimum Gasteiger partial charge on any atom is -0.458 e. The van der Waals surface area contributed by atoms with E-state index in [1.807, 2.05) is 35.7 Å². The first-order valence-electron chi connectivity index (χ1n) is 4.92.